The summed E-state index contributed by atoms with van der Waals surface area (Å²) in [7, 11) is 1.59. The van der Waals surface area contributed by atoms with Crippen LogP contribution in [0.4, 0.5) is 16.2 Å². The highest BCUT2D eigenvalue weighted by molar-refractivity contribution is 5.97. The van der Waals surface area contributed by atoms with Crippen molar-refractivity contribution in [2.75, 3.05) is 23.9 Å². The second-order valence-electron chi connectivity index (χ2n) is 6.38. The van der Waals surface area contributed by atoms with Crippen LogP contribution in [0.3, 0.4) is 0 Å². The van der Waals surface area contributed by atoms with Gasteiger partial charge in [0.15, 0.2) is 6.10 Å². The van der Waals surface area contributed by atoms with Crippen molar-refractivity contribution in [1.29, 1.82) is 0 Å². The van der Waals surface area contributed by atoms with Gasteiger partial charge in [0, 0.05) is 17.9 Å². The van der Waals surface area contributed by atoms with Crippen LogP contribution in [0.15, 0.2) is 48.5 Å². The highest BCUT2D eigenvalue weighted by Crippen LogP contribution is 2.24. The zero-order chi connectivity index (χ0) is 19.4. The molecular formula is C20H23N3O4. The fourth-order valence-corrected chi connectivity index (χ4v) is 2.87. The van der Waals surface area contributed by atoms with Crippen LogP contribution in [0.25, 0.3) is 0 Å². The third-order valence-corrected chi connectivity index (χ3v) is 4.34. The first-order valence-corrected chi connectivity index (χ1v) is 8.76. The van der Waals surface area contributed by atoms with Gasteiger partial charge >= 0.3 is 6.03 Å². The number of benzene rings is 2. The lowest BCUT2D eigenvalue weighted by Crippen LogP contribution is -2.32. The molecule has 0 radical (unpaired) electrons. The molecule has 0 bridgehead atoms. The maximum absolute atomic E-state index is 12.4. The molecule has 1 aliphatic heterocycles. The number of hydrogen-bond donors (Lipinski definition) is 2. The highest BCUT2D eigenvalue weighted by atomic mass is 16.5. The van der Waals surface area contributed by atoms with Crippen LogP contribution in [0, 0.1) is 0 Å². The number of carbonyl (C=O) groups excluding carboxylic acids is 2. The number of amides is 3. The fourth-order valence-electron chi connectivity index (χ4n) is 2.87. The Morgan fingerprint density at radius 3 is 2.56 bits per heavy atom. The Labute approximate surface area is 158 Å². The molecule has 3 rings (SSSR count). The van der Waals surface area contributed by atoms with Crippen molar-refractivity contribution in [2.45, 2.75) is 26.0 Å². The topological polar surface area (TPSA) is 79.9 Å². The third-order valence-electron chi connectivity index (χ3n) is 4.34. The van der Waals surface area contributed by atoms with Crippen molar-refractivity contribution in [2.24, 2.45) is 0 Å². The first-order chi connectivity index (χ1) is 13.0. The van der Waals surface area contributed by atoms with E-state index >= 15 is 0 Å². The van der Waals surface area contributed by atoms with E-state index in [1.54, 1.807) is 61.4 Å². The average Bonchev–Trinajstić information content (AvgIpc) is 3.01. The van der Waals surface area contributed by atoms with Gasteiger partial charge in [-0.2, -0.15) is 0 Å². The Kier molecular flexibility index (Phi) is 5.49. The second-order valence-corrected chi connectivity index (χ2v) is 6.38. The van der Waals surface area contributed by atoms with Gasteiger partial charge in [-0.1, -0.05) is 6.07 Å². The monoisotopic (exact) mass is 369 g/mol. The van der Waals surface area contributed by atoms with E-state index in [0.717, 1.165) is 11.4 Å². The van der Waals surface area contributed by atoms with Crippen LogP contribution < -0.4 is 25.0 Å². The summed E-state index contributed by atoms with van der Waals surface area (Å²) >= 11 is 0. The summed E-state index contributed by atoms with van der Waals surface area (Å²) in [5, 5.41) is 5.63. The van der Waals surface area contributed by atoms with Gasteiger partial charge in [0.2, 0.25) is 0 Å². The fraction of sp³-hybridized carbons (Fsp3) is 0.300. The molecule has 2 aromatic carbocycles. The Hall–Kier alpha value is -3.22. The van der Waals surface area contributed by atoms with E-state index in [4.69, 9.17) is 9.47 Å². The van der Waals surface area contributed by atoms with Gasteiger partial charge in [0.25, 0.3) is 5.91 Å². The molecule has 2 atom stereocenters. The summed E-state index contributed by atoms with van der Waals surface area (Å²) in [6, 6.07) is 14.2. The van der Waals surface area contributed by atoms with Crippen LogP contribution in [-0.4, -0.2) is 37.7 Å². The standard InChI is InChI=1S/C20H23N3O4/c1-13-12-21-20(25)23(13)16-6-4-5-15(11-16)22-19(24)14(2)27-18-9-7-17(26-3)8-10-18/h4-11,13-14H,12H2,1-3H3,(H,21,25)(H,22,24)/t13-,14-/m0/s1. The molecule has 0 aromatic heterocycles. The Morgan fingerprint density at radius 2 is 1.93 bits per heavy atom. The van der Waals surface area contributed by atoms with Crippen molar-refractivity contribution in [3.05, 3.63) is 48.5 Å². The summed E-state index contributed by atoms with van der Waals surface area (Å²) in [5.74, 6) is 1.02. The van der Waals surface area contributed by atoms with Gasteiger partial charge in [-0.25, -0.2) is 4.79 Å². The van der Waals surface area contributed by atoms with E-state index in [1.165, 1.54) is 0 Å². The predicted molar refractivity (Wildman–Crippen MR) is 103 cm³/mol. The van der Waals surface area contributed by atoms with Crippen LogP contribution in [-0.2, 0) is 4.79 Å². The van der Waals surface area contributed by atoms with Crippen molar-refractivity contribution in [3.8, 4) is 11.5 Å². The first kappa shape index (κ1) is 18.6. The average molecular weight is 369 g/mol. The molecule has 1 saturated heterocycles. The lowest BCUT2D eigenvalue weighted by atomic mass is 10.2. The molecule has 27 heavy (non-hydrogen) atoms. The minimum atomic E-state index is -0.684. The van der Waals surface area contributed by atoms with Crippen molar-refractivity contribution < 1.29 is 19.1 Å². The van der Waals surface area contributed by atoms with Crippen LogP contribution in [0.2, 0.25) is 0 Å². The number of rotatable bonds is 6. The molecule has 1 aliphatic rings. The zero-order valence-corrected chi connectivity index (χ0v) is 15.6. The Bertz CT molecular complexity index is 822. The van der Waals surface area contributed by atoms with E-state index in [-0.39, 0.29) is 18.0 Å². The number of anilines is 2. The summed E-state index contributed by atoms with van der Waals surface area (Å²) in [4.78, 5) is 26.1. The van der Waals surface area contributed by atoms with E-state index in [1.807, 2.05) is 13.0 Å². The van der Waals surface area contributed by atoms with Crippen molar-refractivity contribution in [1.82, 2.24) is 5.32 Å². The summed E-state index contributed by atoms with van der Waals surface area (Å²) < 4.78 is 10.8. The van der Waals surface area contributed by atoms with E-state index in [0.29, 0.717) is 18.0 Å². The normalized spacial score (nSPS) is 17.2. The van der Waals surface area contributed by atoms with Crippen molar-refractivity contribution in [3.63, 3.8) is 0 Å². The molecule has 0 aliphatic carbocycles. The number of carbonyl (C=O) groups is 2. The lowest BCUT2D eigenvalue weighted by molar-refractivity contribution is -0.122. The number of urea groups is 1. The molecule has 1 heterocycles. The molecule has 0 saturated carbocycles. The van der Waals surface area contributed by atoms with Gasteiger partial charge < -0.3 is 20.1 Å². The van der Waals surface area contributed by atoms with Crippen LogP contribution in [0.1, 0.15) is 13.8 Å². The largest absolute Gasteiger partial charge is 0.497 e. The SMILES string of the molecule is COc1ccc(O[C@@H](C)C(=O)Nc2cccc(N3C(=O)NC[C@@H]3C)c2)cc1. The lowest BCUT2D eigenvalue weighted by Gasteiger charge is -2.21. The van der Waals surface area contributed by atoms with Crippen LogP contribution >= 0.6 is 0 Å². The molecule has 0 spiro atoms. The summed E-state index contributed by atoms with van der Waals surface area (Å²) in [5.41, 5.74) is 1.34. The third kappa shape index (κ3) is 4.31. The quantitative estimate of drug-likeness (QED) is 0.820. The van der Waals surface area contributed by atoms with Gasteiger partial charge in [-0.05, 0) is 56.3 Å². The Morgan fingerprint density at radius 1 is 1.22 bits per heavy atom. The van der Waals surface area contributed by atoms with E-state index in [2.05, 4.69) is 10.6 Å². The second kappa shape index (κ2) is 7.99. The maximum Gasteiger partial charge on any atom is 0.322 e. The number of methoxy groups -OCH3 is 1. The van der Waals surface area contributed by atoms with Gasteiger partial charge in [-0.15, -0.1) is 0 Å². The molecular weight excluding hydrogens is 346 g/mol. The minimum Gasteiger partial charge on any atom is -0.497 e. The smallest absolute Gasteiger partial charge is 0.322 e. The highest BCUT2D eigenvalue weighted by Gasteiger charge is 2.28. The number of hydrogen-bond acceptors (Lipinski definition) is 4. The molecule has 3 amide bonds. The zero-order valence-electron chi connectivity index (χ0n) is 15.6. The van der Waals surface area contributed by atoms with Gasteiger partial charge in [0.05, 0.1) is 13.2 Å². The number of nitrogens with one attached hydrogen (secondary N) is 2. The summed E-state index contributed by atoms with van der Waals surface area (Å²) in [6.07, 6.45) is -0.684. The van der Waals surface area contributed by atoms with Gasteiger partial charge in [0.1, 0.15) is 11.5 Å². The predicted octanol–water partition coefficient (Wildman–Crippen LogP) is 3.02. The van der Waals surface area contributed by atoms with Gasteiger partial charge in [-0.3, -0.25) is 9.69 Å². The van der Waals surface area contributed by atoms with E-state index in [9.17, 15) is 9.59 Å². The van der Waals surface area contributed by atoms with E-state index < -0.39 is 6.10 Å². The van der Waals surface area contributed by atoms with Crippen LogP contribution in [0.5, 0.6) is 11.5 Å². The summed E-state index contributed by atoms with van der Waals surface area (Å²) in [6.45, 7) is 4.25. The maximum atomic E-state index is 12.4. The molecule has 0 unspecified atom stereocenters. The number of nitrogens with zero attached hydrogens (tertiary/aromatic N) is 1. The molecule has 142 valence electrons. The molecule has 7 nitrogen and oxygen atoms in total. The molecule has 2 aromatic rings. The molecule has 2 N–H and O–H groups in total. The number of ether oxygens (including phenoxy) is 2. The Balaban J connectivity index is 1.64. The molecule has 7 heteroatoms. The minimum absolute atomic E-state index is 0.0563. The van der Waals surface area contributed by atoms with Crippen molar-refractivity contribution >= 4 is 23.3 Å². The first-order valence-electron chi connectivity index (χ1n) is 8.76. The molecule has 1 fully saturated rings.